The lowest BCUT2D eigenvalue weighted by Gasteiger charge is -2.23. The monoisotopic (exact) mass is 544 g/mol. The lowest BCUT2D eigenvalue weighted by molar-refractivity contribution is -0.484. The summed E-state index contributed by atoms with van der Waals surface area (Å²) in [7, 11) is 0.878. The molecule has 0 aliphatic rings. The summed E-state index contributed by atoms with van der Waals surface area (Å²) < 4.78 is 31.6. The van der Waals surface area contributed by atoms with Crippen molar-refractivity contribution >= 4 is 23.2 Å². The summed E-state index contributed by atoms with van der Waals surface area (Å²) in [6.45, 7) is -0.821. The maximum Gasteiger partial charge on any atom is 0.442 e. The van der Waals surface area contributed by atoms with Crippen molar-refractivity contribution < 1.29 is 42.5 Å². The summed E-state index contributed by atoms with van der Waals surface area (Å²) in [6, 6.07) is 8.63. The van der Waals surface area contributed by atoms with E-state index in [1.807, 2.05) is 0 Å². The molecule has 2 aromatic carbocycles. The average molecular weight is 544 g/mol. The van der Waals surface area contributed by atoms with Crippen molar-refractivity contribution in [3.05, 3.63) is 109 Å². The van der Waals surface area contributed by atoms with Crippen LogP contribution in [0.25, 0.3) is 5.53 Å². The fourth-order valence-electron chi connectivity index (χ4n) is 4.02. The zero-order chi connectivity index (χ0) is 29.3. The van der Waals surface area contributed by atoms with Crippen molar-refractivity contribution in [1.82, 2.24) is 0 Å². The molecule has 3 unspecified atom stereocenters. The highest BCUT2D eigenvalue weighted by atomic mass is 19.1. The molecule has 0 bridgehead atoms. The van der Waals surface area contributed by atoms with Gasteiger partial charge in [0.05, 0.1) is 24.9 Å². The number of rotatable bonds is 13. The first-order chi connectivity index (χ1) is 18.4. The number of nitrogens with zero attached hydrogens (tertiary/aromatic N) is 4. The summed E-state index contributed by atoms with van der Waals surface area (Å²) in [5, 5.41) is 23.1. The normalized spacial score (nSPS) is 13.4. The van der Waals surface area contributed by atoms with Crippen molar-refractivity contribution in [3.8, 4) is 0 Å². The largest absolute Gasteiger partial charge is 0.460 e. The van der Waals surface area contributed by atoms with E-state index in [-0.39, 0.29) is 16.7 Å². The maximum atomic E-state index is 13.6. The molecule has 0 heterocycles. The number of ether oxygens (including phenoxy) is 1. The molecule has 0 amide bonds. The first-order valence-electron chi connectivity index (χ1n) is 11.2. The van der Waals surface area contributed by atoms with E-state index in [4.69, 9.17) is 0 Å². The number of benzene rings is 2. The molecular formula is C25H22F2N4O8. The Morgan fingerprint density at radius 1 is 0.949 bits per heavy atom. The molecule has 12 nitrogen and oxygen atoms in total. The predicted molar refractivity (Wildman–Crippen MR) is 130 cm³/mol. The molecule has 204 valence electrons. The highest BCUT2D eigenvalue weighted by molar-refractivity contribution is 6.63. The minimum atomic E-state index is -1.79. The van der Waals surface area contributed by atoms with Crippen LogP contribution in [0.3, 0.4) is 0 Å². The Hall–Kier alpha value is -4.97. The second kappa shape index (κ2) is 13.5. The van der Waals surface area contributed by atoms with E-state index in [0.717, 1.165) is 56.5 Å². The van der Waals surface area contributed by atoms with Crippen LogP contribution in [-0.4, -0.2) is 58.1 Å². The van der Waals surface area contributed by atoms with Crippen molar-refractivity contribution in [2.24, 2.45) is 5.92 Å². The van der Waals surface area contributed by atoms with Gasteiger partial charge in [0.1, 0.15) is 11.6 Å². The van der Waals surface area contributed by atoms with Crippen LogP contribution in [-0.2, 0) is 19.1 Å². The van der Waals surface area contributed by atoms with Crippen molar-refractivity contribution in [3.63, 3.8) is 0 Å². The molecule has 0 fully saturated rings. The Balaban J connectivity index is 2.88. The minimum Gasteiger partial charge on any atom is -0.460 e. The SMILES string of the molecule is COC(=O)C(=[N+]=[N-])C(=O)C(/C=C(/C(C)=O)C(C[N+](=O)[O-])c1ccc(F)cc1)C(C[N+](=O)[O-])c1ccc(F)cc1. The Bertz CT molecular complexity index is 1350. The molecule has 0 saturated carbocycles. The van der Waals surface area contributed by atoms with Crippen LogP contribution in [0.2, 0.25) is 0 Å². The van der Waals surface area contributed by atoms with E-state index in [0.29, 0.717) is 0 Å². The average Bonchev–Trinajstić information content (AvgIpc) is 2.88. The third-order valence-corrected chi connectivity index (χ3v) is 5.84. The van der Waals surface area contributed by atoms with Gasteiger partial charge in [-0.05, 0) is 42.3 Å². The number of hydrogen-bond donors (Lipinski definition) is 0. The molecule has 3 atom stereocenters. The molecule has 2 rings (SSSR count). The third-order valence-electron chi connectivity index (χ3n) is 5.84. The zero-order valence-corrected chi connectivity index (χ0v) is 20.7. The van der Waals surface area contributed by atoms with Crippen LogP contribution in [0, 0.1) is 37.8 Å². The van der Waals surface area contributed by atoms with Crippen LogP contribution in [0.15, 0.2) is 60.2 Å². The molecule has 0 aliphatic carbocycles. The molecule has 0 saturated heterocycles. The molecule has 14 heteroatoms. The molecule has 2 aromatic rings. The zero-order valence-electron chi connectivity index (χ0n) is 20.7. The quantitative estimate of drug-likeness (QED) is 0.0539. The van der Waals surface area contributed by atoms with Gasteiger partial charge in [0, 0.05) is 15.4 Å². The van der Waals surface area contributed by atoms with E-state index in [2.05, 4.69) is 9.53 Å². The van der Waals surface area contributed by atoms with Gasteiger partial charge in [0.2, 0.25) is 13.1 Å². The highest BCUT2D eigenvalue weighted by Crippen LogP contribution is 2.33. The fourth-order valence-corrected chi connectivity index (χ4v) is 4.02. The minimum absolute atomic E-state index is 0.0420. The summed E-state index contributed by atoms with van der Waals surface area (Å²) in [6.07, 6.45) is 0.924. The van der Waals surface area contributed by atoms with Gasteiger partial charge in [-0.15, -0.1) is 0 Å². The van der Waals surface area contributed by atoms with Crippen molar-refractivity contribution in [1.29, 1.82) is 0 Å². The lowest BCUT2D eigenvalue weighted by atomic mass is 9.78. The van der Waals surface area contributed by atoms with Gasteiger partial charge in [0.25, 0.3) is 5.78 Å². The molecule has 0 spiro atoms. The summed E-state index contributed by atoms with van der Waals surface area (Å²) in [5.41, 5.74) is 8.01. The topological polar surface area (TPSA) is 183 Å². The van der Waals surface area contributed by atoms with Crippen LogP contribution in [0.5, 0.6) is 0 Å². The number of allylic oxidation sites excluding steroid dienone is 1. The number of hydrogen-bond acceptors (Lipinski definition) is 8. The summed E-state index contributed by atoms with van der Waals surface area (Å²) in [5.74, 6) is -9.44. The predicted octanol–water partition coefficient (Wildman–Crippen LogP) is 2.93. The number of nitro groups is 2. The van der Waals surface area contributed by atoms with Gasteiger partial charge in [-0.25, -0.2) is 13.6 Å². The van der Waals surface area contributed by atoms with E-state index in [1.54, 1.807) is 0 Å². The maximum absolute atomic E-state index is 13.6. The lowest BCUT2D eigenvalue weighted by Crippen LogP contribution is -2.37. The van der Waals surface area contributed by atoms with E-state index < -0.39 is 75.6 Å². The van der Waals surface area contributed by atoms with Crippen molar-refractivity contribution in [2.45, 2.75) is 18.8 Å². The van der Waals surface area contributed by atoms with Gasteiger partial charge in [-0.3, -0.25) is 29.8 Å². The van der Waals surface area contributed by atoms with Gasteiger partial charge in [-0.2, -0.15) is 4.79 Å². The molecule has 0 aliphatic heterocycles. The van der Waals surface area contributed by atoms with Crippen LogP contribution >= 0.6 is 0 Å². The van der Waals surface area contributed by atoms with E-state index >= 15 is 0 Å². The second-order valence-electron chi connectivity index (χ2n) is 8.30. The first-order valence-corrected chi connectivity index (χ1v) is 11.2. The number of halogens is 2. The number of Topliss-reactive ketones (excluding diaryl/α,β-unsaturated/α-hetero) is 2. The Labute approximate surface area is 219 Å². The highest BCUT2D eigenvalue weighted by Gasteiger charge is 2.43. The van der Waals surface area contributed by atoms with Gasteiger partial charge in [-0.1, -0.05) is 30.3 Å². The van der Waals surface area contributed by atoms with Crippen LogP contribution in [0.4, 0.5) is 8.78 Å². The van der Waals surface area contributed by atoms with Gasteiger partial charge in [0.15, 0.2) is 5.78 Å². The smallest absolute Gasteiger partial charge is 0.442 e. The Morgan fingerprint density at radius 3 is 1.85 bits per heavy atom. The van der Waals surface area contributed by atoms with Crippen molar-refractivity contribution in [2.75, 3.05) is 20.2 Å². The molecule has 39 heavy (non-hydrogen) atoms. The number of carbonyl (C=O) groups is 3. The van der Waals surface area contributed by atoms with Crippen LogP contribution in [0.1, 0.15) is 29.9 Å². The Morgan fingerprint density at radius 2 is 1.44 bits per heavy atom. The number of ketones is 2. The molecule has 0 radical (unpaired) electrons. The van der Waals surface area contributed by atoms with E-state index in [1.165, 1.54) is 12.1 Å². The first kappa shape index (κ1) is 30.3. The number of carbonyl (C=O) groups excluding carboxylic acids is 3. The Kier molecular flexibility index (Phi) is 10.5. The van der Waals surface area contributed by atoms with Gasteiger partial charge >= 0.3 is 11.7 Å². The number of esters is 1. The van der Waals surface area contributed by atoms with Crippen LogP contribution < -0.4 is 0 Å². The van der Waals surface area contributed by atoms with E-state index in [9.17, 15) is 48.9 Å². The molecule has 0 aromatic heterocycles. The van der Waals surface area contributed by atoms with Gasteiger partial charge < -0.3 is 10.3 Å². The fraction of sp³-hybridized carbons (Fsp3) is 0.280. The second-order valence-corrected chi connectivity index (χ2v) is 8.30. The summed E-state index contributed by atoms with van der Waals surface area (Å²) in [4.78, 5) is 62.6. The number of methoxy groups -OCH3 is 1. The molecule has 0 N–H and O–H groups in total. The summed E-state index contributed by atoms with van der Waals surface area (Å²) >= 11 is 0. The third kappa shape index (κ3) is 8.01. The molecular weight excluding hydrogens is 522 g/mol. The standard InChI is InChI=1S/C25H22F2N4O8/c1-14(32)19(21(12-30(35)36)15-3-7-17(26)8-4-15)11-20(24(33)23(29-28)25(34)39-2)22(13-31(37)38)16-5-9-18(27)10-6-16/h3-11,20-22H,12-13H2,1-2H3/b19-11-.